The lowest BCUT2D eigenvalue weighted by Crippen LogP contribution is -2.29. The number of hydrogen-bond donors (Lipinski definition) is 1. The molecule has 2 aromatic carbocycles. The highest BCUT2D eigenvalue weighted by molar-refractivity contribution is 9.10. The lowest BCUT2D eigenvalue weighted by Gasteiger charge is -2.17. The van der Waals surface area contributed by atoms with Crippen molar-refractivity contribution in [3.63, 3.8) is 0 Å². The molecule has 1 aliphatic heterocycles. The molecule has 3 aromatic rings. The van der Waals surface area contributed by atoms with E-state index < -0.39 is 10.0 Å². The molecule has 0 radical (unpaired) electrons. The number of benzene rings is 2. The minimum atomic E-state index is -3.82. The van der Waals surface area contributed by atoms with E-state index in [0.717, 1.165) is 21.4 Å². The number of sulfonamides is 1. The summed E-state index contributed by atoms with van der Waals surface area (Å²) in [6.45, 7) is 0.363. The van der Waals surface area contributed by atoms with Crippen LogP contribution in [0.2, 0.25) is 0 Å². The van der Waals surface area contributed by atoms with Gasteiger partial charge >= 0.3 is 0 Å². The van der Waals surface area contributed by atoms with Gasteiger partial charge in [-0.2, -0.15) is 8.42 Å². The highest BCUT2D eigenvalue weighted by atomic mass is 79.9. The molecule has 10 heteroatoms. The van der Waals surface area contributed by atoms with Gasteiger partial charge in [0.25, 0.3) is 20.3 Å². The van der Waals surface area contributed by atoms with Crippen molar-refractivity contribution in [3.8, 4) is 0 Å². The van der Waals surface area contributed by atoms with Gasteiger partial charge in [0.1, 0.15) is 0 Å². The van der Waals surface area contributed by atoms with Crippen LogP contribution in [0.1, 0.15) is 15.9 Å². The number of hydrogen-bond acceptors (Lipinski definition) is 6. The fraction of sp³-hybridized carbons (Fsp3) is 0.118. The summed E-state index contributed by atoms with van der Waals surface area (Å²) >= 11 is 4.14. The summed E-state index contributed by atoms with van der Waals surface area (Å²) in [5.74, 6) is -0.380. The van der Waals surface area contributed by atoms with Crippen LogP contribution in [-0.2, 0) is 16.4 Å². The maximum Gasteiger partial charge on any atom is 0.293 e. The Morgan fingerprint density at radius 1 is 1.11 bits per heavy atom. The first-order valence-corrected chi connectivity index (χ1v) is 11.0. The Balaban J connectivity index is 1.55. The average Bonchev–Trinajstić information content (AvgIpc) is 3.29. The van der Waals surface area contributed by atoms with Gasteiger partial charge in [-0.1, -0.05) is 45.5 Å². The molecule has 1 aromatic heterocycles. The summed E-state index contributed by atoms with van der Waals surface area (Å²) in [5, 5.41) is 10.3. The minimum absolute atomic E-state index is 0.133. The first kappa shape index (κ1) is 18.1. The SMILES string of the molecule is O=C(Nc1nnc(S(=O)(=O)N2CCc3ccccc32)s1)c1ccc(Br)cc1. The number of carbonyl (C=O) groups is 1. The van der Waals surface area contributed by atoms with Gasteiger partial charge in [0.2, 0.25) is 5.13 Å². The van der Waals surface area contributed by atoms with E-state index in [0.29, 0.717) is 24.2 Å². The monoisotopic (exact) mass is 464 g/mol. The van der Waals surface area contributed by atoms with Gasteiger partial charge in [-0.15, -0.1) is 10.2 Å². The molecule has 1 amide bonds. The molecule has 0 fully saturated rings. The number of carbonyl (C=O) groups excluding carboxylic acids is 1. The molecule has 7 nitrogen and oxygen atoms in total. The van der Waals surface area contributed by atoms with Gasteiger partial charge in [-0.3, -0.25) is 14.4 Å². The van der Waals surface area contributed by atoms with Gasteiger partial charge in [0.15, 0.2) is 0 Å². The van der Waals surface area contributed by atoms with Gasteiger partial charge in [0, 0.05) is 16.6 Å². The molecule has 1 aliphatic rings. The van der Waals surface area contributed by atoms with Crippen molar-refractivity contribution in [2.24, 2.45) is 0 Å². The van der Waals surface area contributed by atoms with Gasteiger partial charge < -0.3 is 0 Å². The first-order chi connectivity index (χ1) is 12.9. The van der Waals surface area contributed by atoms with Crippen molar-refractivity contribution in [2.75, 3.05) is 16.2 Å². The molecule has 0 aliphatic carbocycles. The maximum atomic E-state index is 12.9. The van der Waals surface area contributed by atoms with Crippen LogP contribution in [0.3, 0.4) is 0 Å². The van der Waals surface area contributed by atoms with Crippen LogP contribution in [0.4, 0.5) is 10.8 Å². The highest BCUT2D eigenvalue weighted by Crippen LogP contribution is 2.34. The van der Waals surface area contributed by atoms with Gasteiger partial charge in [0.05, 0.1) is 5.69 Å². The number of para-hydroxylation sites is 1. The van der Waals surface area contributed by atoms with E-state index in [4.69, 9.17) is 0 Å². The van der Waals surface area contributed by atoms with E-state index in [-0.39, 0.29) is 15.4 Å². The number of aromatic nitrogens is 2. The average molecular weight is 465 g/mol. The first-order valence-electron chi connectivity index (χ1n) is 7.96. The minimum Gasteiger partial charge on any atom is -0.296 e. The third-order valence-corrected chi connectivity index (χ3v) is 7.62. The Labute approximate surface area is 168 Å². The Kier molecular flexibility index (Phi) is 4.70. The molecule has 2 heterocycles. The van der Waals surface area contributed by atoms with Crippen molar-refractivity contribution >= 4 is 54.0 Å². The second-order valence-corrected chi connectivity index (χ2v) is 9.72. The van der Waals surface area contributed by atoms with Gasteiger partial charge in [-0.25, -0.2) is 0 Å². The molecule has 1 N–H and O–H groups in total. The summed E-state index contributed by atoms with van der Waals surface area (Å²) < 4.78 is 27.9. The third kappa shape index (κ3) is 3.47. The molecule has 0 atom stereocenters. The van der Waals surface area contributed by atoms with E-state index >= 15 is 0 Å². The normalized spacial score (nSPS) is 13.4. The van der Waals surface area contributed by atoms with Crippen molar-refractivity contribution in [1.82, 2.24) is 10.2 Å². The summed E-state index contributed by atoms with van der Waals surface area (Å²) in [6.07, 6.45) is 0.654. The Morgan fingerprint density at radius 2 is 1.85 bits per heavy atom. The van der Waals surface area contributed by atoms with Crippen LogP contribution in [0.15, 0.2) is 57.3 Å². The molecular weight excluding hydrogens is 452 g/mol. The van der Waals surface area contributed by atoms with Crippen LogP contribution in [0.25, 0.3) is 0 Å². The maximum absolute atomic E-state index is 12.9. The number of amides is 1. The number of fused-ring (bicyclic) bond motifs is 1. The molecule has 4 rings (SSSR count). The summed E-state index contributed by atoms with van der Waals surface area (Å²) in [6, 6.07) is 14.2. The zero-order valence-corrected chi connectivity index (χ0v) is 17.0. The molecule has 0 unspecified atom stereocenters. The topological polar surface area (TPSA) is 92.3 Å². The molecule has 0 saturated carbocycles. The summed E-state index contributed by atoms with van der Waals surface area (Å²) in [4.78, 5) is 12.3. The number of anilines is 2. The smallest absolute Gasteiger partial charge is 0.293 e. The van der Waals surface area contributed by atoms with Crippen LogP contribution >= 0.6 is 27.3 Å². The molecule has 0 saturated heterocycles. The van der Waals surface area contributed by atoms with Crippen LogP contribution in [0, 0.1) is 0 Å². The molecule has 0 bridgehead atoms. The highest BCUT2D eigenvalue weighted by Gasteiger charge is 2.33. The number of nitrogens with one attached hydrogen (secondary N) is 1. The Hall–Kier alpha value is -2.30. The molecular formula is C17H13BrN4O3S2. The Bertz CT molecular complexity index is 1110. The van der Waals surface area contributed by atoms with Crippen molar-refractivity contribution < 1.29 is 13.2 Å². The summed E-state index contributed by atoms with van der Waals surface area (Å²) in [5.41, 5.74) is 2.08. The number of halogens is 1. The van der Waals surface area contributed by atoms with Crippen LogP contribution in [0.5, 0.6) is 0 Å². The number of nitrogens with zero attached hydrogens (tertiary/aromatic N) is 3. The fourth-order valence-electron chi connectivity index (χ4n) is 2.79. The largest absolute Gasteiger partial charge is 0.296 e. The van der Waals surface area contributed by atoms with E-state index in [2.05, 4.69) is 31.4 Å². The quantitative estimate of drug-likeness (QED) is 0.597. The lowest BCUT2D eigenvalue weighted by atomic mass is 10.2. The fourth-order valence-corrected chi connectivity index (χ4v) is 5.55. The van der Waals surface area contributed by atoms with Crippen molar-refractivity contribution in [1.29, 1.82) is 0 Å². The van der Waals surface area contributed by atoms with Gasteiger partial charge in [-0.05, 0) is 42.3 Å². The van der Waals surface area contributed by atoms with E-state index in [9.17, 15) is 13.2 Å². The standard InChI is InChI=1S/C17H13BrN4O3S2/c18-13-7-5-12(6-8-13)15(23)19-16-20-21-17(26-16)27(24,25)22-10-9-11-3-1-2-4-14(11)22/h1-8H,9-10H2,(H,19,20,23). The lowest BCUT2D eigenvalue weighted by molar-refractivity contribution is 0.102. The molecule has 27 heavy (non-hydrogen) atoms. The van der Waals surface area contributed by atoms with E-state index in [1.807, 2.05) is 12.1 Å². The zero-order chi connectivity index (χ0) is 19.0. The number of rotatable bonds is 4. The zero-order valence-electron chi connectivity index (χ0n) is 13.8. The van der Waals surface area contributed by atoms with E-state index in [1.165, 1.54) is 4.31 Å². The van der Waals surface area contributed by atoms with Crippen LogP contribution in [-0.4, -0.2) is 31.1 Å². The predicted molar refractivity (Wildman–Crippen MR) is 107 cm³/mol. The molecule has 0 spiro atoms. The van der Waals surface area contributed by atoms with Crippen LogP contribution < -0.4 is 9.62 Å². The second-order valence-electron chi connectivity index (χ2n) is 5.79. The summed E-state index contributed by atoms with van der Waals surface area (Å²) in [7, 11) is -3.82. The van der Waals surface area contributed by atoms with Crippen molar-refractivity contribution in [3.05, 3.63) is 64.1 Å². The second kappa shape index (κ2) is 7.02. The Morgan fingerprint density at radius 3 is 2.63 bits per heavy atom. The van der Waals surface area contributed by atoms with Crippen molar-refractivity contribution in [2.45, 2.75) is 10.8 Å². The predicted octanol–water partition coefficient (Wildman–Crippen LogP) is 3.30. The third-order valence-electron chi connectivity index (χ3n) is 4.09. The molecule has 138 valence electrons. The van der Waals surface area contributed by atoms with E-state index in [1.54, 1.807) is 36.4 Å².